The molecule has 5 rings (SSSR count). The van der Waals surface area contributed by atoms with E-state index in [1.54, 1.807) is 0 Å². The third-order valence-electron chi connectivity index (χ3n) is 6.02. The van der Waals surface area contributed by atoms with Crippen molar-refractivity contribution in [3.8, 4) is 11.5 Å². The molecular weight excluding hydrogens is 344 g/mol. The van der Waals surface area contributed by atoms with Gasteiger partial charge in [0.1, 0.15) is 6.04 Å². The number of aromatic nitrogens is 1. The Kier molecular flexibility index (Phi) is 4.06. The van der Waals surface area contributed by atoms with Crippen molar-refractivity contribution in [2.45, 2.75) is 51.5 Å². The van der Waals surface area contributed by atoms with Crippen molar-refractivity contribution >= 4 is 5.91 Å². The van der Waals surface area contributed by atoms with Crippen LogP contribution in [0.1, 0.15) is 60.7 Å². The van der Waals surface area contributed by atoms with Gasteiger partial charge in [0.15, 0.2) is 17.3 Å². The Morgan fingerprint density at radius 3 is 2.63 bits per heavy atom. The summed E-state index contributed by atoms with van der Waals surface area (Å²) >= 11 is 0. The van der Waals surface area contributed by atoms with Crippen molar-refractivity contribution in [3.05, 3.63) is 40.8 Å². The van der Waals surface area contributed by atoms with Crippen LogP contribution in [-0.2, 0) is 11.2 Å². The number of rotatable bonds is 2. The second kappa shape index (κ2) is 6.59. The van der Waals surface area contributed by atoms with E-state index in [1.165, 1.54) is 12.0 Å². The van der Waals surface area contributed by atoms with E-state index in [2.05, 4.69) is 11.2 Å². The summed E-state index contributed by atoms with van der Waals surface area (Å²) in [5.74, 6) is 2.62. The van der Waals surface area contributed by atoms with E-state index in [9.17, 15) is 4.79 Å². The summed E-state index contributed by atoms with van der Waals surface area (Å²) < 4.78 is 16.8. The first-order chi connectivity index (χ1) is 13.2. The van der Waals surface area contributed by atoms with E-state index in [-0.39, 0.29) is 24.7 Å². The number of fused-ring (bicyclic) bond motifs is 2. The smallest absolute Gasteiger partial charge is 0.231 e. The lowest BCUT2D eigenvalue weighted by molar-refractivity contribution is -0.139. The van der Waals surface area contributed by atoms with Gasteiger partial charge < -0.3 is 18.9 Å². The average Bonchev–Trinajstić information content (AvgIpc) is 3.33. The van der Waals surface area contributed by atoms with Crippen LogP contribution in [0.3, 0.4) is 0 Å². The molecule has 0 saturated heterocycles. The summed E-state index contributed by atoms with van der Waals surface area (Å²) in [6.07, 6.45) is 6.32. The average molecular weight is 368 g/mol. The Balaban J connectivity index is 1.56. The van der Waals surface area contributed by atoms with Gasteiger partial charge in [0, 0.05) is 18.5 Å². The summed E-state index contributed by atoms with van der Waals surface area (Å²) in [4.78, 5) is 15.4. The molecule has 27 heavy (non-hydrogen) atoms. The van der Waals surface area contributed by atoms with E-state index in [4.69, 9.17) is 14.0 Å². The largest absolute Gasteiger partial charge is 0.454 e. The number of ether oxygens (including phenoxy) is 2. The van der Waals surface area contributed by atoms with E-state index in [0.29, 0.717) is 6.54 Å². The predicted octanol–water partition coefficient (Wildman–Crippen LogP) is 3.77. The third kappa shape index (κ3) is 2.87. The number of hydrogen-bond donors (Lipinski definition) is 0. The molecule has 142 valence electrons. The van der Waals surface area contributed by atoms with Crippen LogP contribution < -0.4 is 9.47 Å². The van der Waals surface area contributed by atoms with Gasteiger partial charge in [-0.2, -0.15) is 0 Å². The van der Waals surface area contributed by atoms with Gasteiger partial charge in [-0.15, -0.1) is 0 Å². The first-order valence-corrected chi connectivity index (χ1v) is 9.87. The quantitative estimate of drug-likeness (QED) is 0.807. The molecule has 0 N–H and O–H groups in total. The van der Waals surface area contributed by atoms with Crippen LogP contribution in [0, 0.1) is 12.8 Å². The molecule has 0 bridgehead atoms. The molecule has 2 aromatic rings. The highest BCUT2D eigenvalue weighted by molar-refractivity contribution is 5.80. The van der Waals surface area contributed by atoms with Gasteiger partial charge >= 0.3 is 0 Å². The molecule has 0 spiro atoms. The van der Waals surface area contributed by atoms with Gasteiger partial charge in [0.2, 0.25) is 12.7 Å². The molecule has 1 aromatic carbocycles. The number of aryl methyl sites for hydroxylation is 1. The number of carbonyl (C=O) groups excluding carboxylic acids is 1. The second-order valence-corrected chi connectivity index (χ2v) is 7.79. The maximum absolute atomic E-state index is 13.4. The number of hydrogen-bond acceptors (Lipinski definition) is 5. The predicted molar refractivity (Wildman–Crippen MR) is 97.6 cm³/mol. The van der Waals surface area contributed by atoms with Crippen molar-refractivity contribution in [2.24, 2.45) is 5.92 Å². The molecule has 0 unspecified atom stereocenters. The van der Waals surface area contributed by atoms with Crippen LogP contribution in [0.25, 0.3) is 0 Å². The zero-order valence-corrected chi connectivity index (χ0v) is 15.6. The fourth-order valence-electron chi connectivity index (χ4n) is 4.65. The lowest BCUT2D eigenvalue weighted by atomic mass is 9.85. The van der Waals surface area contributed by atoms with E-state index >= 15 is 0 Å². The van der Waals surface area contributed by atoms with Crippen molar-refractivity contribution in [1.82, 2.24) is 10.1 Å². The van der Waals surface area contributed by atoms with Crippen LogP contribution in [0.15, 0.2) is 22.7 Å². The molecule has 1 aromatic heterocycles. The summed E-state index contributed by atoms with van der Waals surface area (Å²) in [5.41, 5.74) is 3.07. The fourth-order valence-corrected chi connectivity index (χ4v) is 4.65. The highest BCUT2D eigenvalue weighted by Crippen LogP contribution is 2.43. The van der Waals surface area contributed by atoms with Gasteiger partial charge in [-0.1, -0.05) is 24.4 Å². The highest BCUT2D eigenvalue weighted by atomic mass is 16.7. The summed E-state index contributed by atoms with van der Waals surface area (Å²) in [6.45, 7) is 2.84. The Hall–Kier alpha value is -2.50. The number of amides is 1. The third-order valence-corrected chi connectivity index (χ3v) is 6.02. The molecule has 3 aliphatic rings. The number of carbonyl (C=O) groups is 1. The van der Waals surface area contributed by atoms with Crippen molar-refractivity contribution < 1.29 is 18.8 Å². The van der Waals surface area contributed by atoms with Gasteiger partial charge in [-0.25, -0.2) is 0 Å². The van der Waals surface area contributed by atoms with Gasteiger partial charge in [-0.3, -0.25) is 4.79 Å². The first kappa shape index (κ1) is 16.7. The summed E-state index contributed by atoms with van der Waals surface area (Å²) in [5, 5.41) is 4.07. The molecule has 0 radical (unpaired) electrons. The summed E-state index contributed by atoms with van der Waals surface area (Å²) in [6, 6.07) is 5.75. The van der Waals surface area contributed by atoms with Crippen LogP contribution in [0.2, 0.25) is 0 Å². The fraction of sp³-hybridized carbons (Fsp3) is 0.524. The Morgan fingerprint density at radius 1 is 1.11 bits per heavy atom. The molecule has 3 heterocycles. The van der Waals surface area contributed by atoms with E-state index in [0.717, 1.165) is 60.6 Å². The second-order valence-electron chi connectivity index (χ2n) is 7.79. The van der Waals surface area contributed by atoms with Crippen LogP contribution in [0.5, 0.6) is 11.5 Å². The van der Waals surface area contributed by atoms with E-state index in [1.807, 2.05) is 24.0 Å². The monoisotopic (exact) mass is 368 g/mol. The Bertz CT molecular complexity index is 869. The molecule has 6 heteroatoms. The van der Waals surface area contributed by atoms with Crippen molar-refractivity contribution in [1.29, 1.82) is 0 Å². The van der Waals surface area contributed by atoms with Crippen LogP contribution in [0.4, 0.5) is 0 Å². The van der Waals surface area contributed by atoms with Gasteiger partial charge in [0.25, 0.3) is 0 Å². The standard InChI is InChI=1S/C21H24N2O4/c1-13-9-19(27-22-13)20-16-11-18-17(25-12-26-18)10-15(16)7-8-23(20)21(24)14-5-3-2-4-6-14/h9-11,14,20H,2-8,12H2,1H3/t20-/m0/s1. The molecule has 2 aliphatic heterocycles. The minimum absolute atomic E-state index is 0.126. The van der Waals surface area contributed by atoms with Crippen molar-refractivity contribution in [2.75, 3.05) is 13.3 Å². The first-order valence-electron chi connectivity index (χ1n) is 9.87. The molecular formula is C21H24N2O4. The van der Waals surface area contributed by atoms with Crippen molar-refractivity contribution in [3.63, 3.8) is 0 Å². The number of nitrogens with zero attached hydrogens (tertiary/aromatic N) is 2. The SMILES string of the molecule is Cc1cc([C@@H]2c3cc4c(cc3CCN2C(=O)C2CCCCC2)OCO4)on1. The number of benzene rings is 1. The highest BCUT2D eigenvalue weighted by Gasteiger charge is 2.38. The Morgan fingerprint density at radius 2 is 1.89 bits per heavy atom. The minimum atomic E-state index is -0.251. The maximum atomic E-state index is 13.4. The topological polar surface area (TPSA) is 64.8 Å². The zero-order valence-electron chi connectivity index (χ0n) is 15.6. The summed E-state index contributed by atoms with van der Waals surface area (Å²) in [7, 11) is 0. The van der Waals surface area contributed by atoms with Gasteiger partial charge in [0.05, 0.1) is 5.69 Å². The van der Waals surface area contributed by atoms with E-state index < -0.39 is 0 Å². The molecule has 1 amide bonds. The molecule has 1 saturated carbocycles. The molecule has 1 fully saturated rings. The van der Waals surface area contributed by atoms with Gasteiger partial charge in [-0.05, 0) is 49.4 Å². The maximum Gasteiger partial charge on any atom is 0.231 e. The Labute approximate surface area is 158 Å². The molecule has 1 aliphatic carbocycles. The zero-order chi connectivity index (χ0) is 18.4. The normalized spacial score (nSPS) is 22.0. The molecule has 6 nitrogen and oxygen atoms in total. The van der Waals surface area contributed by atoms with Crippen LogP contribution in [-0.4, -0.2) is 29.3 Å². The minimum Gasteiger partial charge on any atom is -0.454 e. The lowest BCUT2D eigenvalue weighted by Gasteiger charge is -2.38. The lowest BCUT2D eigenvalue weighted by Crippen LogP contribution is -2.44. The molecule has 1 atom stereocenters. The van der Waals surface area contributed by atoms with Crippen LogP contribution >= 0.6 is 0 Å².